The van der Waals surface area contributed by atoms with Crippen LogP contribution in [0.5, 0.6) is 0 Å². The first-order valence-corrected chi connectivity index (χ1v) is 8.04. The van der Waals surface area contributed by atoms with Crippen LogP contribution in [0.25, 0.3) is 16.8 Å². The largest absolute Gasteiger partial charge is 0.357 e. The Kier molecular flexibility index (Phi) is 3.47. The van der Waals surface area contributed by atoms with Gasteiger partial charge < -0.3 is 4.90 Å². The van der Waals surface area contributed by atoms with E-state index < -0.39 is 0 Å². The van der Waals surface area contributed by atoms with Gasteiger partial charge in [-0.15, -0.1) is 0 Å². The Labute approximate surface area is 134 Å². The summed E-state index contributed by atoms with van der Waals surface area (Å²) in [7, 11) is 0. The smallest absolute Gasteiger partial charge is 0.165 e. The van der Waals surface area contributed by atoms with E-state index in [1.165, 1.54) is 19.3 Å². The molecule has 0 amide bonds. The van der Waals surface area contributed by atoms with E-state index in [1.54, 1.807) is 0 Å². The van der Waals surface area contributed by atoms with Crippen molar-refractivity contribution in [2.75, 3.05) is 18.0 Å². The van der Waals surface area contributed by atoms with Gasteiger partial charge in [0.25, 0.3) is 0 Å². The van der Waals surface area contributed by atoms with Gasteiger partial charge in [0.05, 0.1) is 6.20 Å². The van der Waals surface area contributed by atoms with E-state index in [-0.39, 0.29) is 0 Å². The summed E-state index contributed by atoms with van der Waals surface area (Å²) in [6.07, 6.45) is 7.65. The SMILES string of the molecule is Clc1cccc(-c2cnn3ccc(N4CCCCC4)nc23)c1. The molecule has 1 aliphatic rings. The molecular formula is C17H17ClN4. The molecule has 4 nitrogen and oxygen atoms in total. The lowest BCUT2D eigenvalue weighted by Gasteiger charge is -2.27. The second kappa shape index (κ2) is 5.61. The molecular weight excluding hydrogens is 296 g/mol. The van der Waals surface area contributed by atoms with Gasteiger partial charge in [0.15, 0.2) is 5.65 Å². The van der Waals surface area contributed by atoms with Crippen LogP contribution >= 0.6 is 11.6 Å². The average Bonchev–Trinajstić information content (AvgIpc) is 2.99. The van der Waals surface area contributed by atoms with Crippen LogP contribution < -0.4 is 4.90 Å². The zero-order valence-electron chi connectivity index (χ0n) is 12.2. The highest BCUT2D eigenvalue weighted by atomic mass is 35.5. The fourth-order valence-electron chi connectivity index (χ4n) is 3.02. The third kappa shape index (κ3) is 2.44. The highest BCUT2D eigenvalue weighted by molar-refractivity contribution is 6.30. The Balaban J connectivity index is 1.79. The van der Waals surface area contributed by atoms with Crippen LogP contribution in [0.4, 0.5) is 5.82 Å². The second-order valence-corrected chi connectivity index (χ2v) is 6.11. The van der Waals surface area contributed by atoms with Crippen LogP contribution in [0.2, 0.25) is 5.02 Å². The van der Waals surface area contributed by atoms with Gasteiger partial charge in [-0.25, -0.2) is 9.50 Å². The Bertz CT molecular complexity index is 805. The highest BCUT2D eigenvalue weighted by Crippen LogP contribution is 2.27. The lowest BCUT2D eigenvalue weighted by Crippen LogP contribution is -2.30. The maximum Gasteiger partial charge on any atom is 0.165 e. The predicted octanol–water partition coefficient (Wildman–Crippen LogP) is 4.04. The molecule has 1 fully saturated rings. The van der Waals surface area contributed by atoms with Crippen molar-refractivity contribution >= 4 is 23.1 Å². The van der Waals surface area contributed by atoms with Crippen molar-refractivity contribution in [3.63, 3.8) is 0 Å². The van der Waals surface area contributed by atoms with E-state index in [4.69, 9.17) is 16.6 Å². The molecule has 5 heteroatoms. The Morgan fingerprint density at radius 1 is 1.05 bits per heavy atom. The van der Waals surface area contributed by atoms with Gasteiger partial charge in [0, 0.05) is 29.9 Å². The average molecular weight is 313 g/mol. The molecule has 22 heavy (non-hydrogen) atoms. The third-order valence-corrected chi connectivity index (χ3v) is 4.41. The number of piperidine rings is 1. The van der Waals surface area contributed by atoms with Crippen molar-refractivity contribution in [2.45, 2.75) is 19.3 Å². The first kappa shape index (κ1) is 13.6. The lowest BCUT2D eigenvalue weighted by molar-refractivity contribution is 0.573. The van der Waals surface area contributed by atoms with Crippen molar-refractivity contribution in [1.29, 1.82) is 0 Å². The molecule has 0 N–H and O–H groups in total. The van der Waals surface area contributed by atoms with Crippen molar-refractivity contribution in [2.24, 2.45) is 0 Å². The molecule has 4 rings (SSSR count). The van der Waals surface area contributed by atoms with Crippen LogP contribution in [-0.2, 0) is 0 Å². The summed E-state index contributed by atoms with van der Waals surface area (Å²) in [6.45, 7) is 2.17. The van der Waals surface area contributed by atoms with Gasteiger partial charge in [-0.3, -0.25) is 0 Å². The summed E-state index contributed by atoms with van der Waals surface area (Å²) in [5.74, 6) is 1.04. The van der Waals surface area contributed by atoms with Crippen LogP contribution in [0.1, 0.15) is 19.3 Å². The molecule has 0 saturated carbocycles. The van der Waals surface area contributed by atoms with Crippen molar-refractivity contribution in [1.82, 2.24) is 14.6 Å². The number of benzene rings is 1. The van der Waals surface area contributed by atoms with E-state index in [2.05, 4.69) is 10.00 Å². The maximum atomic E-state index is 6.11. The predicted molar refractivity (Wildman–Crippen MR) is 89.5 cm³/mol. The van der Waals surface area contributed by atoms with Gasteiger partial charge in [-0.1, -0.05) is 23.7 Å². The number of hydrogen-bond donors (Lipinski definition) is 0. The van der Waals surface area contributed by atoms with Crippen molar-refractivity contribution < 1.29 is 0 Å². The van der Waals surface area contributed by atoms with Gasteiger partial charge in [0.2, 0.25) is 0 Å². The van der Waals surface area contributed by atoms with Crippen molar-refractivity contribution in [3.05, 3.63) is 47.7 Å². The second-order valence-electron chi connectivity index (χ2n) is 5.67. The monoisotopic (exact) mass is 312 g/mol. The molecule has 0 spiro atoms. The summed E-state index contributed by atoms with van der Waals surface area (Å²) < 4.78 is 1.82. The van der Waals surface area contributed by atoms with Crippen LogP contribution in [0.3, 0.4) is 0 Å². The number of anilines is 1. The van der Waals surface area contributed by atoms with E-state index in [0.29, 0.717) is 0 Å². The summed E-state index contributed by atoms with van der Waals surface area (Å²) in [6, 6.07) is 9.87. The highest BCUT2D eigenvalue weighted by Gasteiger charge is 2.15. The molecule has 0 atom stereocenters. The molecule has 3 heterocycles. The number of rotatable bonds is 2. The third-order valence-electron chi connectivity index (χ3n) is 4.17. The molecule has 0 radical (unpaired) electrons. The van der Waals surface area contributed by atoms with E-state index in [1.807, 2.05) is 47.2 Å². The molecule has 112 valence electrons. The normalized spacial score (nSPS) is 15.4. The first-order valence-electron chi connectivity index (χ1n) is 7.66. The molecule has 0 unspecified atom stereocenters. The van der Waals surface area contributed by atoms with E-state index in [9.17, 15) is 0 Å². The fraction of sp³-hybridized carbons (Fsp3) is 0.294. The molecule has 2 aromatic heterocycles. The standard InChI is InChI=1S/C17H17ClN4/c18-14-6-4-5-13(11-14)15-12-19-22-10-7-16(20-17(15)22)21-8-2-1-3-9-21/h4-7,10-12H,1-3,8-9H2. The number of hydrogen-bond acceptors (Lipinski definition) is 3. The molecule has 1 aromatic carbocycles. The van der Waals surface area contributed by atoms with Gasteiger partial charge in [-0.2, -0.15) is 5.10 Å². The van der Waals surface area contributed by atoms with E-state index >= 15 is 0 Å². The minimum Gasteiger partial charge on any atom is -0.357 e. The van der Waals surface area contributed by atoms with Crippen LogP contribution in [-0.4, -0.2) is 27.7 Å². The Morgan fingerprint density at radius 3 is 2.73 bits per heavy atom. The van der Waals surface area contributed by atoms with Crippen LogP contribution in [0, 0.1) is 0 Å². The number of nitrogens with zero attached hydrogens (tertiary/aromatic N) is 4. The topological polar surface area (TPSA) is 33.4 Å². The molecule has 0 bridgehead atoms. The molecule has 1 aliphatic heterocycles. The quantitative estimate of drug-likeness (QED) is 0.716. The number of halogens is 1. The maximum absolute atomic E-state index is 6.11. The summed E-state index contributed by atoms with van der Waals surface area (Å²) in [5.41, 5.74) is 2.94. The minimum atomic E-state index is 0.726. The fourth-order valence-corrected chi connectivity index (χ4v) is 3.21. The summed E-state index contributed by atoms with van der Waals surface area (Å²) >= 11 is 6.11. The number of aromatic nitrogens is 3. The van der Waals surface area contributed by atoms with Gasteiger partial charge in [-0.05, 0) is 43.0 Å². The summed E-state index contributed by atoms with van der Waals surface area (Å²) in [4.78, 5) is 7.21. The lowest BCUT2D eigenvalue weighted by atomic mass is 10.1. The molecule has 3 aromatic rings. The Hall–Kier alpha value is -2.07. The van der Waals surface area contributed by atoms with Crippen molar-refractivity contribution in [3.8, 4) is 11.1 Å². The van der Waals surface area contributed by atoms with Gasteiger partial charge in [0.1, 0.15) is 5.82 Å². The molecule has 1 saturated heterocycles. The summed E-state index contributed by atoms with van der Waals surface area (Å²) in [5, 5.41) is 5.13. The zero-order chi connectivity index (χ0) is 14.9. The first-order chi connectivity index (χ1) is 10.8. The number of fused-ring (bicyclic) bond motifs is 1. The minimum absolute atomic E-state index is 0.726. The zero-order valence-corrected chi connectivity index (χ0v) is 13.0. The van der Waals surface area contributed by atoms with E-state index in [0.717, 1.165) is 40.7 Å². The van der Waals surface area contributed by atoms with Crippen LogP contribution in [0.15, 0.2) is 42.7 Å². The Morgan fingerprint density at radius 2 is 1.91 bits per heavy atom. The molecule has 0 aliphatic carbocycles. The van der Waals surface area contributed by atoms with Gasteiger partial charge >= 0.3 is 0 Å².